The molecule has 0 radical (unpaired) electrons. The van der Waals surface area contributed by atoms with Crippen LogP contribution in [0, 0.1) is 5.92 Å². The average Bonchev–Trinajstić information content (AvgIpc) is 2.62. The average molecular weight is 460 g/mol. The summed E-state index contributed by atoms with van der Waals surface area (Å²) in [4.78, 5) is 20.0. The highest BCUT2D eigenvalue weighted by Crippen LogP contribution is 2.43. The highest BCUT2D eigenvalue weighted by atomic mass is 15.4. The molecule has 1 aromatic rings. The van der Waals surface area contributed by atoms with Crippen LogP contribution >= 0.6 is 0 Å². The van der Waals surface area contributed by atoms with Gasteiger partial charge in [-0.25, -0.2) is 0 Å². The summed E-state index contributed by atoms with van der Waals surface area (Å²) in [6, 6.07) is 0.176. The lowest BCUT2D eigenvalue weighted by Crippen LogP contribution is -2.64. The maximum absolute atomic E-state index is 6.47. The lowest BCUT2D eigenvalue weighted by Gasteiger charge is -2.55. The predicted molar refractivity (Wildman–Crippen MR) is 140 cm³/mol. The third kappa shape index (κ3) is 5.39. The molecule has 0 aliphatic carbocycles. The van der Waals surface area contributed by atoms with Gasteiger partial charge < -0.3 is 20.9 Å². The van der Waals surface area contributed by atoms with Crippen LogP contribution in [-0.4, -0.2) is 49.7 Å². The molecule has 1 aromatic heterocycles. The fourth-order valence-electron chi connectivity index (χ4n) is 6.48. The molecule has 7 heteroatoms. The van der Waals surface area contributed by atoms with Crippen molar-refractivity contribution in [3.63, 3.8) is 0 Å². The van der Waals surface area contributed by atoms with E-state index in [4.69, 9.17) is 20.7 Å². The van der Waals surface area contributed by atoms with E-state index >= 15 is 0 Å². The molecular formula is C26H49N7. The van der Waals surface area contributed by atoms with Gasteiger partial charge in [0.1, 0.15) is 0 Å². The first-order valence-corrected chi connectivity index (χ1v) is 13.0. The highest BCUT2D eigenvalue weighted by Gasteiger charge is 2.47. The summed E-state index contributed by atoms with van der Waals surface area (Å²) in [5, 5.41) is 3.53. The Morgan fingerprint density at radius 2 is 1.30 bits per heavy atom. The van der Waals surface area contributed by atoms with Crippen molar-refractivity contribution in [2.24, 2.45) is 11.7 Å². The normalized spacial score (nSPS) is 25.1. The number of hydrogen-bond acceptors (Lipinski definition) is 7. The number of piperidine rings is 2. The van der Waals surface area contributed by atoms with Crippen molar-refractivity contribution in [3.05, 3.63) is 0 Å². The molecule has 0 bridgehead atoms. The number of anilines is 3. The third-order valence-corrected chi connectivity index (χ3v) is 7.84. The van der Waals surface area contributed by atoms with Crippen molar-refractivity contribution in [2.75, 3.05) is 21.7 Å². The molecule has 2 saturated heterocycles. The van der Waals surface area contributed by atoms with Gasteiger partial charge in [-0.1, -0.05) is 20.3 Å². The van der Waals surface area contributed by atoms with Gasteiger partial charge in [-0.2, -0.15) is 15.0 Å². The monoisotopic (exact) mass is 459 g/mol. The Morgan fingerprint density at radius 3 is 1.76 bits per heavy atom. The lowest BCUT2D eigenvalue weighted by atomic mass is 9.77. The summed E-state index contributed by atoms with van der Waals surface area (Å²) in [5.41, 5.74) is 6.12. The first-order chi connectivity index (χ1) is 15.1. The summed E-state index contributed by atoms with van der Waals surface area (Å²) in [5.74, 6) is 2.76. The Balaban J connectivity index is 2.14. The number of nitrogens with two attached hydrogens (primary N) is 1. The molecule has 2 aliphatic rings. The van der Waals surface area contributed by atoms with Crippen molar-refractivity contribution in [1.82, 2.24) is 15.0 Å². The Hall–Kier alpha value is -1.63. The van der Waals surface area contributed by atoms with E-state index in [1.165, 1.54) is 6.42 Å². The standard InChI is InChI=1S/C26H49N7/c1-11-18(2)17-28-20-29-21(32-23(3,4)13-12-14-24(32,5)6)31-22(30-20)33-25(7,8)15-19(27)16-26(33,9)10/h18-19H,11-17,27H2,1-10H3,(H,28,29,30,31). The van der Waals surface area contributed by atoms with Crippen molar-refractivity contribution >= 4 is 17.8 Å². The fourth-order valence-corrected chi connectivity index (χ4v) is 6.48. The smallest absolute Gasteiger partial charge is 0.232 e. The summed E-state index contributed by atoms with van der Waals surface area (Å²) in [6.45, 7) is 23.6. The molecule has 0 aromatic carbocycles. The van der Waals surface area contributed by atoms with Crippen LogP contribution in [0.1, 0.15) is 108 Å². The summed E-state index contributed by atoms with van der Waals surface area (Å²) in [7, 11) is 0. The van der Waals surface area contributed by atoms with Crippen LogP contribution in [0.5, 0.6) is 0 Å². The molecule has 0 spiro atoms. The van der Waals surface area contributed by atoms with Crippen LogP contribution in [-0.2, 0) is 0 Å². The Bertz CT molecular complexity index is 796. The second-order valence-electron chi connectivity index (χ2n) is 13.1. The van der Waals surface area contributed by atoms with Crippen molar-refractivity contribution in [1.29, 1.82) is 0 Å². The molecule has 188 valence electrons. The Morgan fingerprint density at radius 1 is 0.848 bits per heavy atom. The molecule has 7 nitrogen and oxygen atoms in total. The fraction of sp³-hybridized carbons (Fsp3) is 0.885. The van der Waals surface area contributed by atoms with Gasteiger partial charge in [-0.15, -0.1) is 0 Å². The second kappa shape index (κ2) is 8.86. The maximum Gasteiger partial charge on any atom is 0.232 e. The van der Waals surface area contributed by atoms with Gasteiger partial charge in [0.05, 0.1) is 0 Å². The number of nitrogens with zero attached hydrogens (tertiary/aromatic N) is 5. The Kier molecular flexibility index (Phi) is 6.98. The zero-order valence-electron chi connectivity index (χ0n) is 22.9. The molecule has 2 aliphatic heterocycles. The summed E-state index contributed by atoms with van der Waals surface area (Å²) in [6.07, 6.45) is 6.42. The molecule has 33 heavy (non-hydrogen) atoms. The van der Waals surface area contributed by atoms with E-state index in [9.17, 15) is 0 Å². The van der Waals surface area contributed by atoms with E-state index in [1.807, 2.05) is 0 Å². The minimum atomic E-state index is -0.152. The van der Waals surface area contributed by atoms with Crippen LogP contribution < -0.4 is 20.9 Å². The minimum absolute atomic E-state index is 0.0242. The van der Waals surface area contributed by atoms with Crippen molar-refractivity contribution < 1.29 is 0 Å². The SMILES string of the molecule is CCC(C)CNc1nc(N2C(C)(C)CCCC2(C)C)nc(N2C(C)(C)CC(N)CC2(C)C)n1. The summed E-state index contributed by atoms with van der Waals surface area (Å²) < 4.78 is 0. The molecule has 1 unspecified atom stereocenters. The molecule has 3 N–H and O–H groups in total. The third-order valence-electron chi connectivity index (χ3n) is 7.84. The minimum Gasteiger partial charge on any atom is -0.354 e. The van der Waals surface area contributed by atoms with Crippen LogP contribution in [0.3, 0.4) is 0 Å². The first kappa shape index (κ1) is 26.0. The number of rotatable bonds is 6. The van der Waals surface area contributed by atoms with Crippen LogP contribution in [0.25, 0.3) is 0 Å². The molecule has 0 amide bonds. The molecule has 1 atom stereocenters. The topological polar surface area (TPSA) is 83.2 Å². The molecule has 3 heterocycles. The van der Waals surface area contributed by atoms with Gasteiger partial charge in [0.25, 0.3) is 0 Å². The van der Waals surface area contributed by atoms with Gasteiger partial charge in [0.2, 0.25) is 17.8 Å². The van der Waals surface area contributed by atoms with E-state index in [0.29, 0.717) is 11.9 Å². The van der Waals surface area contributed by atoms with Crippen LogP contribution in [0.15, 0.2) is 0 Å². The Labute approximate surface area is 202 Å². The quantitative estimate of drug-likeness (QED) is 0.592. The number of aromatic nitrogens is 3. The van der Waals surface area contributed by atoms with E-state index in [0.717, 1.165) is 50.5 Å². The second-order valence-corrected chi connectivity index (χ2v) is 13.1. The van der Waals surface area contributed by atoms with Gasteiger partial charge in [-0.05, 0) is 93.4 Å². The summed E-state index contributed by atoms with van der Waals surface area (Å²) >= 11 is 0. The van der Waals surface area contributed by atoms with E-state index in [2.05, 4.69) is 84.4 Å². The zero-order chi connectivity index (χ0) is 24.8. The van der Waals surface area contributed by atoms with E-state index < -0.39 is 0 Å². The molecule has 2 fully saturated rings. The first-order valence-electron chi connectivity index (χ1n) is 13.0. The van der Waals surface area contributed by atoms with Gasteiger partial charge in [0.15, 0.2) is 0 Å². The van der Waals surface area contributed by atoms with Crippen LogP contribution in [0.4, 0.5) is 17.8 Å². The van der Waals surface area contributed by atoms with Gasteiger partial charge in [-0.3, -0.25) is 0 Å². The number of nitrogens with one attached hydrogen (secondary N) is 1. The van der Waals surface area contributed by atoms with Crippen LogP contribution in [0.2, 0.25) is 0 Å². The molecule has 3 rings (SSSR count). The van der Waals surface area contributed by atoms with Gasteiger partial charge in [0, 0.05) is 34.7 Å². The highest BCUT2D eigenvalue weighted by molar-refractivity contribution is 5.52. The maximum atomic E-state index is 6.47. The lowest BCUT2D eigenvalue weighted by molar-refractivity contribution is 0.215. The molecule has 0 saturated carbocycles. The largest absolute Gasteiger partial charge is 0.354 e. The zero-order valence-corrected chi connectivity index (χ0v) is 22.9. The number of hydrogen-bond donors (Lipinski definition) is 2. The predicted octanol–water partition coefficient (Wildman–Crippen LogP) is 5.36. The van der Waals surface area contributed by atoms with Crippen molar-refractivity contribution in [3.8, 4) is 0 Å². The van der Waals surface area contributed by atoms with E-state index in [1.54, 1.807) is 0 Å². The van der Waals surface area contributed by atoms with E-state index in [-0.39, 0.29) is 28.2 Å². The van der Waals surface area contributed by atoms with Gasteiger partial charge >= 0.3 is 0 Å². The molecular weight excluding hydrogens is 410 g/mol. The van der Waals surface area contributed by atoms with Crippen molar-refractivity contribution in [2.45, 2.75) is 136 Å².